The maximum Gasteiger partial charge on any atom is 0.243 e. The first kappa shape index (κ1) is 16.4. The first-order chi connectivity index (χ1) is 9.81. The Bertz CT molecular complexity index is 737. The molecule has 3 N–H and O–H groups in total. The summed E-state index contributed by atoms with van der Waals surface area (Å²) in [5.74, 6) is 0.695. The molecular weight excluding hydrogens is 426 g/mol. The fraction of sp³-hybridized carbons (Fsp3) is 0.273. The molecule has 0 aliphatic heterocycles. The van der Waals surface area contributed by atoms with Crippen LogP contribution in [0.3, 0.4) is 0 Å². The van der Waals surface area contributed by atoms with Crippen LogP contribution in [0.25, 0.3) is 0 Å². The van der Waals surface area contributed by atoms with Gasteiger partial charge in [-0.2, -0.15) is 0 Å². The van der Waals surface area contributed by atoms with Crippen molar-refractivity contribution in [3.05, 3.63) is 33.2 Å². The molecule has 0 radical (unpaired) electrons. The molecule has 0 bridgehead atoms. The number of nitrogens with two attached hydrogens (primary N) is 1. The Morgan fingerprint density at radius 3 is 2.67 bits per heavy atom. The van der Waals surface area contributed by atoms with Crippen LogP contribution in [0.15, 0.2) is 32.3 Å². The van der Waals surface area contributed by atoms with E-state index in [2.05, 4.69) is 46.8 Å². The van der Waals surface area contributed by atoms with Gasteiger partial charge in [0, 0.05) is 29.0 Å². The molecule has 2 aromatic rings. The summed E-state index contributed by atoms with van der Waals surface area (Å²) in [4.78, 5) is 0.0312. The van der Waals surface area contributed by atoms with Crippen LogP contribution in [-0.4, -0.2) is 29.7 Å². The number of nitrogens with one attached hydrogen (secondary N) is 1. The van der Waals surface area contributed by atoms with Crippen molar-refractivity contribution >= 4 is 47.6 Å². The van der Waals surface area contributed by atoms with Gasteiger partial charge in [0.25, 0.3) is 0 Å². The predicted molar refractivity (Wildman–Crippen MR) is 86.1 cm³/mol. The van der Waals surface area contributed by atoms with Crippen LogP contribution in [0.1, 0.15) is 5.82 Å². The number of nitrogen functional groups attached to an aromatic ring is 1. The molecule has 0 spiro atoms. The molecule has 21 heavy (non-hydrogen) atoms. The molecule has 0 aliphatic rings. The van der Waals surface area contributed by atoms with Crippen molar-refractivity contribution < 1.29 is 8.42 Å². The van der Waals surface area contributed by atoms with Gasteiger partial charge in [-0.05, 0) is 28.1 Å². The lowest BCUT2D eigenvalue weighted by Gasteiger charge is -2.11. The third kappa shape index (κ3) is 3.82. The van der Waals surface area contributed by atoms with Gasteiger partial charge < -0.3 is 10.3 Å². The molecule has 0 saturated heterocycles. The number of hydrogen-bond acceptors (Lipinski definition) is 5. The Labute approximate surface area is 139 Å². The lowest BCUT2D eigenvalue weighted by molar-refractivity contribution is 0.580. The topological polar surface area (TPSA) is 103 Å². The minimum atomic E-state index is -3.70. The lowest BCUT2D eigenvalue weighted by Crippen LogP contribution is -2.27. The fourth-order valence-electron chi connectivity index (χ4n) is 1.77. The summed E-state index contributed by atoms with van der Waals surface area (Å²) in [6, 6.07) is 3.18. The Morgan fingerprint density at radius 2 is 2.10 bits per heavy atom. The van der Waals surface area contributed by atoms with E-state index in [1.54, 1.807) is 30.1 Å². The molecule has 10 heteroatoms. The average Bonchev–Trinajstić information content (AvgIpc) is 2.73. The van der Waals surface area contributed by atoms with E-state index in [1.807, 2.05) is 0 Å². The van der Waals surface area contributed by atoms with E-state index in [0.29, 0.717) is 21.2 Å². The smallest absolute Gasteiger partial charge is 0.243 e. The lowest BCUT2D eigenvalue weighted by atomic mass is 10.3. The second-order valence-electron chi connectivity index (χ2n) is 4.31. The third-order valence-corrected chi connectivity index (χ3v) is 5.67. The van der Waals surface area contributed by atoms with Gasteiger partial charge in [-0.1, -0.05) is 15.9 Å². The second kappa shape index (κ2) is 6.42. The van der Waals surface area contributed by atoms with Crippen LogP contribution in [0.5, 0.6) is 0 Å². The number of sulfonamides is 1. The number of benzene rings is 1. The minimum absolute atomic E-state index is 0.0312. The molecule has 1 heterocycles. The highest BCUT2D eigenvalue weighted by molar-refractivity contribution is 9.11. The van der Waals surface area contributed by atoms with Crippen LogP contribution in [0, 0.1) is 0 Å². The summed E-state index contributed by atoms with van der Waals surface area (Å²) in [6.45, 7) is 0.205. The number of nitrogens with zero attached hydrogens (tertiary/aromatic N) is 3. The molecular formula is C11H13Br2N5O2S. The average molecular weight is 439 g/mol. The van der Waals surface area contributed by atoms with E-state index in [4.69, 9.17) is 5.73 Å². The highest BCUT2D eigenvalue weighted by Crippen LogP contribution is 2.31. The standard InChI is InChI=1S/C11H13Br2N5O2S/c1-18-6-15-17-10(18)2-3-16-21(19,20)11-8(13)4-7(12)5-9(11)14/h4-6,16H,2-3,14H2,1H3. The zero-order valence-corrected chi connectivity index (χ0v) is 15.0. The number of halogens is 2. The fourth-order valence-corrected chi connectivity index (χ4v) is 4.86. The Kier molecular flexibility index (Phi) is 5.02. The van der Waals surface area contributed by atoms with Crippen molar-refractivity contribution in [1.29, 1.82) is 0 Å². The van der Waals surface area contributed by atoms with Gasteiger partial charge in [0.2, 0.25) is 10.0 Å². The van der Waals surface area contributed by atoms with Gasteiger partial charge in [-0.25, -0.2) is 13.1 Å². The van der Waals surface area contributed by atoms with Crippen LogP contribution < -0.4 is 10.5 Å². The highest BCUT2D eigenvalue weighted by Gasteiger charge is 2.21. The first-order valence-electron chi connectivity index (χ1n) is 5.88. The van der Waals surface area contributed by atoms with E-state index < -0.39 is 10.0 Å². The van der Waals surface area contributed by atoms with Gasteiger partial charge in [-0.3, -0.25) is 0 Å². The molecule has 0 amide bonds. The van der Waals surface area contributed by atoms with Gasteiger partial charge in [0.05, 0.1) is 5.69 Å². The molecule has 0 saturated carbocycles. The number of hydrogen-bond donors (Lipinski definition) is 2. The zero-order valence-electron chi connectivity index (χ0n) is 11.0. The molecule has 114 valence electrons. The van der Waals surface area contributed by atoms with Crippen molar-refractivity contribution in [1.82, 2.24) is 19.5 Å². The van der Waals surface area contributed by atoms with Crippen molar-refractivity contribution in [2.24, 2.45) is 7.05 Å². The van der Waals surface area contributed by atoms with Crippen LogP contribution >= 0.6 is 31.9 Å². The molecule has 1 aromatic heterocycles. The second-order valence-corrected chi connectivity index (χ2v) is 7.79. The van der Waals surface area contributed by atoms with Crippen molar-refractivity contribution in [3.63, 3.8) is 0 Å². The zero-order chi connectivity index (χ0) is 15.6. The van der Waals surface area contributed by atoms with Crippen LogP contribution in [0.4, 0.5) is 5.69 Å². The van der Waals surface area contributed by atoms with Crippen molar-refractivity contribution in [3.8, 4) is 0 Å². The molecule has 7 nitrogen and oxygen atoms in total. The third-order valence-electron chi connectivity index (χ3n) is 2.75. The van der Waals surface area contributed by atoms with Crippen molar-refractivity contribution in [2.45, 2.75) is 11.3 Å². The van der Waals surface area contributed by atoms with E-state index in [0.717, 1.165) is 0 Å². The SMILES string of the molecule is Cn1cnnc1CCNS(=O)(=O)c1c(N)cc(Br)cc1Br. The molecule has 0 fully saturated rings. The Hall–Kier alpha value is -0.970. The number of anilines is 1. The van der Waals surface area contributed by atoms with E-state index >= 15 is 0 Å². The van der Waals surface area contributed by atoms with E-state index in [9.17, 15) is 8.42 Å². The molecule has 1 aromatic carbocycles. The van der Waals surface area contributed by atoms with Crippen molar-refractivity contribution in [2.75, 3.05) is 12.3 Å². The summed E-state index contributed by atoms with van der Waals surface area (Å²) < 4.78 is 30.0. The van der Waals surface area contributed by atoms with Gasteiger partial charge in [0.15, 0.2) is 0 Å². The monoisotopic (exact) mass is 437 g/mol. The van der Waals surface area contributed by atoms with Gasteiger partial charge in [-0.15, -0.1) is 10.2 Å². The van der Waals surface area contributed by atoms with Gasteiger partial charge >= 0.3 is 0 Å². The molecule has 0 aliphatic carbocycles. The maximum absolute atomic E-state index is 12.3. The summed E-state index contributed by atoms with van der Waals surface area (Å²) in [5.41, 5.74) is 5.96. The highest BCUT2D eigenvalue weighted by atomic mass is 79.9. The summed E-state index contributed by atoms with van der Waals surface area (Å²) >= 11 is 6.48. The normalized spacial score (nSPS) is 11.8. The maximum atomic E-state index is 12.3. The number of rotatable bonds is 5. The summed E-state index contributed by atoms with van der Waals surface area (Å²) in [7, 11) is -1.91. The summed E-state index contributed by atoms with van der Waals surface area (Å²) in [6.07, 6.45) is 2.00. The molecule has 0 unspecified atom stereocenters. The number of aromatic nitrogens is 3. The largest absolute Gasteiger partial charge is 0.398 e. The van der Waals surface area contributed by atoms with Crippen LogP contribution in [0.2, 0.25) is 0 Å². The van der Waals surface area contributed by atoms with E-state index in [-0.39, 0.29) is 17.1 Å². The number of aryl methyl sites for hydroxylation is 1. The first-order valence-corrected chi connectivity index (χ1v) is 8.95. The minimum Gasteiger partial charge on any atom is -0.398 e. The molecule has 0 atom stereocenters. The molecule has 2 rings (SSSR count). The summed E-state index contributed by atoms with van der Waals surface area (Å²) in [5, 5.41) is 7.63. The Morgan fingerprint density at radius 1 is 1.38 bits per heavy atom. The quantitative estimate of drug-likeness (QED) is 0.687. The Balaban J connectivity index is 2.14. The van der Waals surface area contributed by atoms with Crippen LogP contribution in [-0.2, 0) is 23.5 Å². The predicted octanol–water partition coefficient (Wildman–Crippen LogP) is 1.44. The van der Waals surface area contributed by atoms with E-state index in [1.165, 1.54) is 0 Å². The van der Waals surface area contributed by atoms with Gasteiger partial charge in [0.1, 0.15) is 17.0 Å².